The van der Waals surface area contributed by atoms with Crippen molar-refractivity contribution < 1.29 is 19.1 Å². The van der Waals surface area contributed by atoms with E-state index in [2.05, 4.69) is 0 Å². The third kappa shape index (κ3) is 2.97. The summed E-state index contributed by atoms with van der Waals surface area (Å²) in [5, 5.41) is 0. The smallest absolute Gasteiger partial charge is 0.314 e. The van der Waals surface area contributed by atoms with E-state index in [1.165, 1.54) is 6.92 Å². The SMILES string of the molecule is CC(=O)CC(=O)O[C@H]1CCCC1=O. The van der Waals surface area contributed by atoms with E-state index in [1.807, 2.05) is 0 Å². The third-order valence-electron chi connectivity index (χ3n) is 1.92. The molecule has 0 saturated heterocycles. The van der Waals surface area contributed by atoms with Crippen molar-refractivity contribution in [3.8, 4) is 0 Å². The number of ether oxygens (including phenoxy) is 1. The molecule has 1 aliphatic rings. The summed E-state index contributed by atoms with van der Waals surface area (Å²) in [4.78, 5) is 32.5. The Labute approximate surface area is 76.3 Å². The Balaban J connectivity index is 2.35. The van der Waals surface area contributed by atoms with Crippen molar-refractivity contribution in [1.29, 1.82) is 0 Å². The van der Waals surface area contributed by atoms with Crippen LogP contribution in [0.1, 0.15) is 32.6 Å². The Kier molecular flexibility index (Phi) is 3.17. The van der Waals surface area contributed by atoms with E-state index in [1.54, 1.807) is 0 Å². The molecule has 0 spiro atoms. The summed E-state index contributed by atoms with van der Waals surface area (Å²) < 4.78 is 4.83. The van der Waals surface area contributed by atoms with Crippen LogP contribution in [0, 0.1) is 0 Å². The third-order valence-corrected chi connectivity index (χ3v) is 1.92. The molecule has 0 unspecified atom stereocenters. The van der Waals surface area contributed by atoms with E-state index in [-0.39, 0.29) is 18.0 Å². The Morgan fingerprint density at radius 2 is 2.23 bits per heavy atom. The molecule has 0 bridgehead atoms. The molecule has 72 valence electrons. The van der Waals surface area contributed by atoms with Crippen LogP contribution in [0.15, 0.2) is 0 Å². The summed E-state index contributed by atoms with van der Waals surface area (Å²) in [6.45, 7) is 1.32. The summed E-state index contributed by atoms with van der Waals surface area (Å²) in [6.07, 6.45) is 1.04. The van der Waals surface area contributed by atoms with Gasteiger partial charge < -0.3 is 4.74 Å². The van der Waals surface area contributed by atoms with Gasteiger partial charge in [0.25, 0.3) is 0 Å². The highest BCUT2D eigenvalue weighted by atomic mass is 16.5. The van der Waals surface area contributed by atoms with Crippen molar-refractivity contribution in [2.45, 2.75) is 38.7 Å². The predicted octanol–water partition coefficient (Wildman–Crippen LogP) is 0.630. The van der Waals surface area contributed by atoms with Gasteiger partial charge in [-0.3, -0.25) is 14.4 Å². The molecule has 13 heavy (non-hydrogen) atoms. The van der Waals surface area contributed by atoms with Crippen LogP contribution < -0.4 is 0 Å². The van der Waals surface area contributed by atoms with Gasteiger partial charge in [0.05, 0.1) is 0 Å². The van der Waals surface area contributed by atoms with E-state index >= 15 is 0 Å². The van der Waals surface area contributed by atoms with Gasteiger partial charge in [0.15, 0.2) is 11.9 Å². The fourth-order valence-electron chi connectivity index (χ4n) is 1.31. The molecule has 0 aromatic carbocycles. The molecule has 0 amide bonds. The minimum atomic E-state index is -0.591. The molecule has 4 nitrogen and oxygen atoms in total. The standard InChI is InChI=1S/C9H12O4/c1-6(10)5-9(12)13-8-4-2-3-7(8)11/h8H,2-5H2,1H3/t8-/m0/s1. The number of Topliss-reactive ketones (excluding diaryl/α,β-unsaturated/α-hetero) is 2. The molecular weight excluding hydrogens is 172 g/mol. The van der Waals surface area contributed by atoms with Crippen molar-refractivity contribution in [3.05, 3.63) is 0 Å². The van der Waals surface area contributed by atoms with Gasteiger partial charge in [-0.2, -0.15) is 0 Å². The second-order valence-corrected chi connectivity index (χ2v) is 3.22. The Morgan fingerprint density at radius 3 is 2.69 bits per heavy atom. The second kappa shape index (κ2) is 4.16. The molecule has 0 radical (unpaired) electrons. The summed E-state index contributed by atoms with van der Waals surface area (Å²) in [5.74, 6) is -0.861. The molecular formula is C9H12O4. The maximum Gasteiger partial charge on any atom is 0.314 e. The number of hydrogen-bond donors (Lipinski definition) is 0. The second-order valence-electron chi connectivity index (χ2n) is 3.22. The highest BCUT2D eigenvalue weighted by Gasteiger charge is 2.27. The summed E-state index contributed by atoms with van der Waals surface area (Å²) >= 11 is 0. The first-order valence-corrected chi connectivity index (χ1v) is 4.31. The Morgan fingerprint density at radius 1 is 1.54 bits per heavy atom. The lowest BCUT2D eigenvalue weighted by Gasteiger charge is -2.08. The lowest BCUT2D eigenvalue weighted by Crippen LogP contribution is -2.22. The average Bonchev–Trinajstić information content (AvgIpc) is 2.34. The maximum absolute atomic E-state index is 11.0. The van der Waals surface area contributed by atoms with Crippen LogP contribution in [0.4, 0.5) is 0 Å². The van der Waals surface area contributed by atoms with E-state index in [9.17, 15) is 14.4 Å². The van der Waals surface area contributed by atoms with Gasteiger partial charge in [-0.25, -0.2) is 0 Å². The van der Waals surface area contributed by atoms with Crippen molar-refractivity contribution in [2.24, 2.45) is 0 Å². The highest BCUT2D eigenvalue weighted by molar-refractivity contribution is 5.95. The van der Waals surface area contributed by atoms with Crippen molar-refractivity contribution >= 4 is 17.5 Å². The Hall–Kier alpha value is -1.19. The topological polar surface area (TPSA) is 60.4 Å². The molecule has 1 fully saturated rings. The summed E-state index contributed by atoms with van der Waals surface area (Å²) in [5.41, 5.74) is 0. The monoisotopic (exact) mass is 184 g/mol. The Bertz CT molecular complexity index is 244. The molecule has 0 aliphatic heterocycles. The minimum absolute atomic E-state index is 0.0306. The fourth-order valence-corrected chi connectivity index (χ4v) is 1.31. The molecule has 1 atom stereocenters. The predicted molar refractivity (Wildman–Crippen MR) is 44.0 cm³/mol. The van der Waals surface area contributed by atoms with Crippen LogP contribution in [0.5, 0.6) is 0 Å². The fraction of sp³-hybridized carbons (Fsp3) is 0.667. The number of hydrogen-bond acceptors (Lipinski definition) is 4. The number of esters is 1. The van der Waals surface area contributed by atoms with Crippen LogP contribution in [0.3, 0.4) is 0 Å². The molecule has 1 saturated carbocycles. The maximum atomic E-state index is 11.0. The largest absolute Gasteiger partial charge is 0.454 e. The zero-order valence-corrected chi connectivity index (χ0v) is 7.54. The van der Waals surface area contributed by atoms with Gasteiger partial charge in [0.2, 0.25) is 0 Å². The molecule has 0 N–H and O–H groups in total. The molecule has 4 heteroatoms. The first kappa shape index (κ1) is 9.89. The molecule has 0 aromatic heterocycles. The van der Waals surface area contributed by atoms with Gasteiger partial charge >= 0.3 is 5.97 Å². The number of carbonyl (C=O) groups is 3. The molecule has 1 rings (SSSR count). The summed E-state index contributed by atoms with van der Waals surface area (Å²) in [7, 11) is 0. The van der Waals surface area contributed by atoms with Crippen LogP contribution in [0.25, 0.3) is 0 Å². The van der Waals surface area contributed by atoms with Gasteiger partial charge in [0.1, 0.15) is 12.2 Å². The number of rotatable bonds is 3. The molecule has 0 heterocycles. The normalized spacial score (nSPS) is 21.6. The molecule has 1 aliphatic carbocycles. The zero-order chi connectivity index (χ0) is 9.84. The lowest BCUT2D eigenvalue weighted by molar-refractivity contribution is -0.154. The van der Waals surface area contributed by atoms with Crippen LogP contribution in [-0.4, -0.2) is 23.6 Å². The van der Waals surface area contributed by atoms with Crippen LogP contribution in [0.2, 0.25) is 0 Å². The van der Waals surface area contributed by atoms with Gasteiger partial charge in [-0.05, 0) is 19.8 Å². The van der Waals surface area contributed by atoms with Gasteiger partial charge in [-0.15, -0.1) is 0 Å². The van der Waals surface area contributed by atoms with Crippen molar-refractivity contribution in [2.75, 3.05) is 0 Å². The first-order valence-electron chi connectivity index (χ1n) is 4.31. The number of carbonyl (C=O) groups excluding carboxylic acids is 3. The van der Waals surface area contributed by atoms with Crippen molar-refractivity contribution in [3.63, 3.8) is 0 Å². The van der Waals surface area contributed by atoms with Gasteiger partial charge in [0, 0.05) is 6.42 Å². The number of ketones is 2. The molecule has 0 aromatic rings. The van der Waals surface area contributed by atoms with Gasteiger partial charge in [-0.1, -0.05) is 0 Å². The average molecular weight is 184 g/mol. The highest BCUT2D eigenvalue weighted by Crippen LogP contribution is 2.17. The zero-order valence-electron chi connectivity index (χ0n) is 7.54. The van der Waals surface area contributed by atoms with E-state index in [0.717, 1.165) is 6.42 Å². The quantitative estimate of drug-likeness (QED) is 0.476. The van der Waals surface area contributed by atoms with E-state index in [4.69, 9.17) is 4.74 Å². The minimum Gasteiger partial charge on any atom is -0.454 e. The van der Waals surface area contributed by atoms with Crippen LogP contribution >= 0.6 is 0 Å². The van der Waals surface area contributed by atoms with E-state index in [0.29, 0.717) is 12.8 Å². The summed E-state index contributed by atoms with van der Waals surface area (Å²) in [6, 6.07) is 0. The first-order chi connectivity index (χ1) is 6.09. The van der Waals surface area contributed by atoms with Crippen molar-refractivity contribution in [1.82, 2.24) is 0 Å². The van der Waals surface area contributed by atoms with E-state index < -0.39 is 12.1 Å². The van der Waals surface area contributed by atoms with Crippen LogP contribution in [-0.2, 0) is 19.1 Å². The lowest BCUT2D eigenvalue weighted by atomic mass is 10.3.